The molecule has 1 aliphatic heterocycles. The molecule has 5 nitrogen and oxygen atoms in total. The van der Waals surface area contributed by atoms with E-state index in [2.05, 4.69) is 5.32 Å². The minimum absolute atomic E-state index is 0.0379. The normalized spacial score (nSPS) is 15.8. The molecule has 0 saturated carbocycles. The van der Waals surface area contributed by atoms with Crippen molar-refractivity contribution in [2.45, 2.75) is 20.0 Å². The number of hydrogen-bond donors (Lipinski definition) is 1. The number of nitrogens with one attached hydrogen (secondary N) is 1. The smallest absolute Gasteiger partial charge is 0.317 e. The highest BCUT2D eigenvalue weighted by Crippen LogP contribution is 2.31. The van der Waals surface area contributed by atoms with E-state index in [-0.39, 0.29) is 16.4 Å². The lowest BCUT2D eigenvalue weighted by atomic mass is 10.1. The van der Waals surface area contributed by atoms with Crippen LogP contribution < -0.4 is 10.2 Å². The number of halogens is 3. The van der Waals surface area contributed by atoms with Crippen LogP contribution in [0.4, 0.5) is 18.9 Å². The van der Waals surface area contributed by atoms with Crippen molar-refractivity contribution in [3.8, 4) is 5.69 Å². The van der Waals surface area contributed by atoms with Gasteiger partial charge in [-0.05, 0) is 79.7 Å². The molecule has 4 rings (SSSR count). The maximum Gasteiger partial charge on any atom is 0.416 e. The van der Waals surface area contributed by atoms with Gasteiger partial charge in [-0.3, -0.25) is 19.8 Å². The molecular weight excluding hydrogens is 451 g/mol. The van der Waals surface area contributed by atoms with Crippen LogP contribution in [0.2, 0.25) is 0 Å². The zero-order valence-electron chi connectivity index (χ0n) is 17.6. The summed E-state index contributed by atoms with van der Waals surface area (Å²) in [7, 11) is 0. The number of carbonyl (C=O) groups excluding carboxylic acids is 2. The molecule has 0 aliphatic carbocycles. The molecule has 33 heavy (non-hydrogen) atoms. The monoisotopic (exact) mass is 469 g/mol. The van der Waals surface area contributed by atoms with E-state index in [0.29, 0.717) is 11.4 Å². The summed E-state index contributed by atoms with van der Waals surface area (Å²) in [6.07, 6.45) is -1.60. The molecule has 0 unspecified atom stereocenters. The third-order valence-electron chi connectivity index (χ3n) is 5.23. The Labute approximate surface area is 193 Å². The summed E-state index contributed by atoms with van der Waals surface area (Å²) < 4.78 is 40.9. The highest BCUT2D eigenvalue weighted by atomic mass is 32.1. The number of carbonyl (C=O) groups is 2. The summed E-state index contributed by atoms with van der Waals surface area (Å²) in [6.45, 7) is 3.70. The maximum atomic E-state index is 13.3. The van der Waals surface area contributed by atoms with Crippen molar-refractivity contribution in [1.29, 1.82) is 0 Å². The third-order valence-corrected chi connectivity index (χ3v) is 5.52. The molecule has 1 N–H and O–H groups in total. The summed E-state index contributed by atoms with van der Waals surface area (Å²) in [5, 5.41) is 2.49. The maximum absolute atomic E-state index is 13.3. The van der Waals surface area contributed by atoms with E-state index >= 15 is 0 Å². The minimum Gasteiger partial charge on any atom is -0.317 e. The molecule has 1 saturated heterocycles. The lowest BCUT2D eigenvalue weighted by Crippen LogP contribution is -2.54. The molecule has 0 bridgehead atoms. The highest BCUT2D eigenvalue weighted by Gasteiger charge is 2.35. The number of benzene rings is 2. The van der Waals surface area contributed by atoms with Gasteiger partial charge < -0.3 is 4.57 Å². The molecule has 2 aromatic carbocycles. The zero-order chi connectivity index (χ0) is 23.9. The van der Waals surface area contributed by atoms with Crippen molar-refractivity contribution in [3.63, 3.8) is 0 Å². The second-order valence-corrected chi connectivity index (χ2v) is 7.99. The fraction of sp³-hybridized carbons (Fsp3) is 0.125. The fourth-order valence-electron chi connectivity index (χ4n) is 3.56. The summed E-state index contributed by atoms with van der Waals surface area (Å²) in [5.41, 5.74) is 1.87. The number of aryl methyl sites for hydroxylation is 2. The van der Waals surface area contributed by atoms with E-state index in [1.807, 2.05) is 26.0 Å². The number of nitrogens with zero attached hydrogens (tertiary/aromatic N) is 2. The standard InChI is InChI=1S/C24H18F3N3O2S/c1-14-8-9-15(2)20(11-14)30-22(32)19(21(31)28-23(30)33)13-18-7-4-10-29(18)17-6-3-5-16(12-17)24(25,26)27/h3-13H,1-2H3,(H,28,31,33)/b19-13+. The van der Waals surface area contributed by atoms with Crippen LogP contribution in [-0.4, -0.2) is 21.5 Å². The van der Waals surface area contributed by atoms with Gasteiger partial charge in [-0.1, -0.05) is 18.2 Å². The number of anilines is 1. The molecule has 0 spiro atoms. The molecule has 0 atom stereocenters. The zero-order valence-corrected chi connectivity index (χ0v) is 18.4. The van der Waals surface area contributed by atoms with E-state index in [4.69, 9.17) is 12.2 Å². The van der Waals surface area contributed by atoms with Crippen LogP contribution in [0.5, 0.6) is 0 Å². The Hall–Kier alpha value is -3.72. The third kappa shape index (κ3) is 4.31. The molecular formula is C24H18F3N3O2S. The SMILES string of the molecule is Cc1ccc(C)c(N2C(=O)/C(=C/c3cccn3-c3cccc(C(F)(F)F)c3)C(=O)NC2=S)c1. The quantitative estimate of drug-likeness (QED) is 0.336. The van der Waals surface area contributed by atoms with Crippen LogP contribution in [-0.2, 0) is 15.8 Å². The summed E-state index contributed by atoms with van der Waals surface area (Å²) in [6, 6.07) is 13.5. The van der Waals surface area contributed by atoms with Crippen molar-refractivity contribution in [2.24, 2.45) is 0 Å². The average molecular weight is 469 g/mol. The fourth-order valence-corrected chi connectivity index (χ4v) is 3.84. The first-order valence-electron chi connectivity index (χ1n) is 9.90. The molecule has 3 aromatic rings. The molecule has 2 heterocycles. The second-order valence-electron chi connectivity index (χ2n) is 7.60. The van der Waals surface area contributed by atoms with Crippen LogP contribution in [0.1, 0.15) is 22.4 Å². The Morgan fingerprint density at radius 2 is 1.76 bits per heavy atom. The van der Waals surface area contributed by atoms with Gasteiger partial charge in [0.25, 0.3) is 11.8 Å². The van der Waals surface area contributed by atoms with Gasteiger partial charge in [-0.15, -0.1) is 0 Å². The molecule has 1 fully saturated rings. The Bertz CT molecular complexity index is 1320. The van der Waals surface area contributed by atoms with Crippen molar-refractivity contribution in [3.05, 3.63) is 88.8 Å². The number of alkyl halides is 3. The van der Waals surface area contributed by atoms with Crippen LogP contribution in [0.3, 0.4) is 0 Å². The molecule has 0 radical (unpaired) electrons. The van der Waals surface area contributed by atoms with Crippen LogP contribution in [0.15, 0.2) is 66.4 Å². The first-order valence-corrected chi connectivity index (χ1v) is 10.3. The lowest BCUT2D eigenvalue weighted by molar-refractivity contribution is -0.137. The Morgan fingerprint density at radius 3 is 2.48 bits per heavy atom. The van der Waals surface area contributed by atoms with Gasteiger partial charge in [-0.25, -0.2) is 0 Å². The topological polar surface area (TPSA) is 54.3 Å². The number of hydrogen-bond acceptors (Lipinski definition) is 3. The van der Waals surface area contributed by atoms with Crippen LogP contribution in [0.25, 0.3) is 11.8 Å². The van der Waals surface area contributed by atoms with Gasteiger partial charge in [0.1, 0.15) is 5.57 Å². The summed E-state index contributed by atoms with van der Waals surface area (Å²) in [5.74, 6) is -1.29. The van der Waals surface area contributed by atoms with E-state index in [1.54, 1.807) is 24.4 Å². The van der Waals surface area contributed by atoms with Gasteiger partial charge in [0.2, 0.25) is 0 Å². The van der Waals surface area contributed by atoms with Crippen LogP contribution in [0, 0.1) is 13.8 Å². The highest BCUT2D eigenvalue weighted by molar-refractivity contribution is 7.80. The van der Waals surface area contributed by atoms with E-state index in [1.165, 1.54) is 27.7 Å². The van der Waals surface area contributed by atoms with E-state index < -0.39 is 23.6 Å². The van der Waals surface area contributed by atoms with Gasteiger partial charge in [-0.2, -0.15) is 13.2 Å². The number of rotatable bonds is 3. The summed E-state index contributed by atoms with van der Waals surface area (Å²) >= 11 is 5.25. The minimum atomic E-state index is -4.50. The van der Waals surface area contributed by atoms with Gasteiger partial charge >= 0.3 is 6.18 Å². The largest absolute Gasteiger partial charge is 0.416 e. The average Bonchev–Trinajstić information content (AvgIpc) is 3.21. The first kappa shape index (κ1) is 22.5. The van der Waals surface area contributed by atoms with Crippen molar-refractivity contribution < 1.29 is 22.8 Å². The van der Waals surface area contributed by atoms with Crippen molar-refractivity contribution >= 4 is 40.9 Å². The predicted molar refractivity (Wildman–Crippen MR) is 123 cm³/mol. The number of aromatic nitrogens is 1. The number of amides is 2. The molecule has 168 valence electrons. The van der Waals surface area contributed by atoms with Crippen molar-refractivity contribution in [2.75, 3.05) is 4.90 Å². The molecule has 1 aliphatic rings. The second kappa shape index (κ2) is 8.32. The lowest BCUT2D eigenvalue weighted by Gasteiger charge is -2.30. The molecule has 2 amide bonds. The van der Waals surface area contributed by atoms with Gasteiger partial charge in [0.15, 0.2) is 5.11 Å². The van der Waals surface area contributed by atoms with Crippen LogP contribution >= 0.6 is 12.2 Å². The van der Waals surface area contributed by atoms with Crippen molar-refractivity contribution in [1.82, 2.24) is 9.88 Å². The number of thiocarbonyl (C=S) groups is 1. The van der Waals surface area contributed by atoms with E-state index in [9.17, 15) is 22.8 Å². The molecule has 1 aromatic heterocycles. The summed E-state index contributed by atoms with van der Waals surface area (Å²) in [4.78, 5) is 27.2. The van der Waals surface area contributed by atoms with E-state index in [0.717, 1.165) is 23.3 Å². The van der Waals surface area contributed by atoms with Gasteiger partial charge in [0, 0.05) is 17.6 Å². The van der Waals surface area contributed by atoms with Gasteiger partial charge in [0.05, 0.1) is 11.3 Å². The Balaban J connectivity index is 1.77. The predicted octanol–water partition coefficient (Wildman–Crippen LogP) is 4.94. The molecule has 9 heteroatoms. The first-order chi connectivity index (χ1) is 15.6. The Kier molecular flexibility index (Phi) is 5.67. The Morgan fingerprint density at radius 1 is 1.00 bits per heavy atom.